The van der Waals surface area contributed by atoms with E-state index in [2.05, 4.69) is 15.9 Å². The molecule has 0 heterocycles. The molecule has 0 unspecified atom stereocenters. The molecule has 2 nitrogen and oxygen atoms in total. The Morgan fingerprint density at radius 1 is 1.05 bits per heavy atom. The molecule has 0 saturated heterocycles. The molecule has 0 fully saturated rings. The van der Waals surface area contributed by atoms with Crippen molar-refractivity contribution in [2.75, 3.05) is 7.11 Å². The van der Waals surface area contributed by atoms with Crippen LogP contribution in [-0.2, 0) is 0 Å². The highest BCUT2D eigenvalue weighted by molar-refractivity contribution is 9.10. The minimum atomic E-state index is -0.889. The lowest BCUT2D eigenvalue weighted by atomic mass is 9.96. The van der Waals surface area contributed by atoms with E-state index < -0.39 is 23.0 Å². The molecule has 0 N–H and O–H groups in total. The van der Waals surface area contributed by atoms with Gasteiger partial charge < -0.3 is 4.74 Å². The molecule has 110 valence electrons. The summed E-state index contributed by atoms with van der Waals surface area (Å²) >= 11 is 2.99. The Morgan fingerprint density at radius 3 is 2.14 bits per heavy atom. The van der Waals surface area contributed by atoms with Crippen LogP contribution in [0, 0.1) is 25.5 Å². The summed E-state index contributed by atoms with van der Waals surface area (Å²) in [5, 5.41) is 0. The number of ketones is 1. The first-order valence-corrected chi connectivity index (χ1v) is 6.99. The fraction of sp³-hybridized carbons (Fsp3) is 0.188. The second-order valence-electron chi connectivity index (χ2n) is 4.71. The van der Waals surface area contributed by atoms with E-state index in [1.165, 1.54) is 7.11 Å². The van der Waals surface area contributed by atoms with E-state index in [1.54, 1.807) is 26.0 Å². The van der Waals surface area contributed by atoms with E-state index in [1.807, 2.05) is 0 Å². The lowest BCUT2D eigenvalue weighted by Crippen LogP contribution is -2.10. The van der Waals surface area contributed by atoms with Gasteiger partial charge in [-0.05, 0) is 49.2 Å². The maximum atomic E-state index is 13.9. The highest BCUT2D eigenvalue weighted by atomic mass is 79.9. The minimum absolute atomic E-state index is 0.247. The minimum Gasteiger partial charge on any atom is -0.496 e. The standard InChI is InChI=1S/C16H13BrF2O2/c1-8-5-14(21-3)9(2)4-11(8)16(20)15-12(18)6-10(17)7-13(15)19/h4-7H,1-3H3. The number of carbonyl (C=O) groups is 1. The molecule has 0 aromatic heterocycles. The van der Waals surface area contributed by atoms with Crippen molar-refractivity contribution in [2.45, 2.75) is 13.8 Å². The normalized spacial score (nSPS) is 10.6. The zero-order valence-electron chi connectivity index (χ0n) is 11.8. The molecule has 0 aliphatic rings. The Labute approximate surface area is 129 Å². The number of aryl methyl sites for hydroxylation is 2. The number of halogens is 3. The summed E-state index contributed by atoms with van der Waals surface area (Å²) < 4.78 is 33.2. The van der Waals surface area contributed by atoms with Crippen LogP contribution in [0.5, 0.6) is 5.75 Å². The van der Waals surface area contributed by atoms with Gasteiger partial charge in [0.05, 0.1) is 12.7 Å². The van der Waals surface area contributed by atoms with Crippen LogP contribution in [-0.4, -0.2) is 12.9 Å². The molecule has 2 aromatic rings. The lowest BCUT2D eigenvalue weighted by molar-refractivity contribution is 0.103. The van der Waals surface area contributed by atoms with Gasteiger partial charge >= 0.3 is 0 Å². The van der Waals surface area contributed by atoms with Crippen LogP contribution in [0.1, 0.15) is 27.0 Å². The second-order valence-corrected chi connectivity index (χ2v) is 5.63. The van der Waals surface area contributed by atoms with E-state index in [0.29, 0.717) is 11.3 Å². The molecule has 0 aliphatic carbocycles. The fourth-order valence-electron chi connectivity index (χ4n) is 2.15. The van der Waals surface area contributed by atoms with Crippen LogP contribution in [0.3, 0.4) is 0 Å². The van der Waals surface area contributed by atoms with Gasteiger partial charge in [0.2, 0.25) is 0 Å². The van der Waals surface area contributed by atoms with Crippen LogP contribution in [0.15, 0.2) is 28.7 Å². The average Bonchev–Trinajstić information content (AvgIpc) is 2.39. The van der Waals surface area contributed by atoms with Gasteiger partial charge in [0.25, 0.3) is 0 Å². The molecule has 0 atom stereocenters. The van der Waals surface area contributed by atoms with Gasteiger partial charge in [-0.1, -0.05) is 15.9 Å². The quantitative estimate of drug-likeness (QED) is 0.754. The molecule has 0 amide bonds. The molecule has 0 bridgehead atoms. The molecule has 0 aliphatic heterocycles. The molecular formula is C16H13BrF2O2. The summed E-state index contributed by atoms with van der Waals surface area (Å²) in [4.78, 5) is 12.4. The summed E-state index contributed by atoms with van der Waals surface area (Å²) in [7, 11) is 1.53. The average molecular weight is 355 g/mol. The smallest absolute Gasteiger partial charge is 0.199 e. The summed E-state index contributed by atoms with van der Waals surface area (Å²) in [6, 6.07) is 5.40. The van der Waals surface area contributed by atoms with Crippen molar-refractivity contribution in [1.29, 1.82) is 0 Å². The van der Waals surface area contributed by atoms with Gasteiger partial charge in [-0.3, -0.25) is 4.79 Å². The molecule has 2 aromatic carbocycles. The van der Waals surface area contributed by atoms with Crippen LogP contribution in [0.4, 0.5) is 8.78 Å². The van der Waals surface area contributed by atoms with Crippen molar-refractivity contribution >= 4 is 21.7 Å². The molecule has 21 heavy (non-hydrogen) atoms. The third-order valence-corrected chi connectivity index (χ3v) is 3.68. The van der Waals surface area contributed by atoms with E-state index in [9.17, 15) is 13.6 Å². The Bertz CT molecular complexity index is 703. The van der Waals surface area contributed by atoms with Gasteiger partial charge in [-0.2, -0.15) is 0 Å². The van der Waals surface area contributed by atoms with Gasteiger partial charge in [0, 0.05) is 10.0 Å². The van der Waals surface area contributed by atoms with Crippen molar-refractivity contribution in [3.8, 4) is 5.75 Å². The highest BCUT2D eigenvalue weighted by Gasteiger charge is 2.22. The number of hydrogen-bond acceptors (Lipinski definition) is 2. The van der Waals surface area contributed by atoms with Crippen LogP contribution in [0.2, 0.25) is 0 Å². The van der Waals surface area contributed by atoms with Crippen LogP contribution < -0.4 is 4.74 Å². The number of hydrogen-bond donors (Lipinski definition) is 0. The molecule has 0 radical (unpaired) electrons. The van der Waals surface area contributed by atoms with E-state index in [4.69, 9.17) is 4.74 Å². The number of rotatable bonds is 3. The predicted molar refractivity (Wildman–Crippen MR) is 80.0 cm³/mol. The Balaban J connectivity index is 2.58. The molecule has 5 heteroatoms. The van der Waals surface area contributed by atoms with Gasteiger partial charge in [0.15, 0.2) is 5.78 Å². The molecule has 2 rings (SSSR count). The Hall–Kier alpha value is -1.75. The largest absolute Gasteiger partial charge is 0.496 e. The first kappa shape index (κ1) is 15.6. The maximum absolute atomic E-state index is 13.9. The first-order chi connectivity index (χ1) is 9.85. The fourth-order valence-corrected chi connectivity index (χ4v) is 2.55. The molecular weight excluding hydrogens is 342 g/mol. The predicted octanol–water partition coefficient (Wildman–Crippen LogP) is 4.58. The van der Waals surface area contributed by atoms with Crippen LogP contribution >= 0.6 is 15.9 Å². The first-order valence-electron chi connectivity index (χ1n) is 6.19. The molecule has 0 saturated carbocycles. The Morgan fingerprint density at radius 2 is 1.62 bits per heavy atom. The lowest BCUT2D eigenvalue weighted by Gasteiger charge is -2.11. The van der Waals surface area contributed by atoms with Gasteiger partial charge in [-0.15, -0.1) is 0 Å². The summed E-state index contributed by atoms with van der Waals surface area (Å²) in [5.41, 5.74) is 1.04. The SMILES string of the molecule is COc1cc(C)c(C(=O)c2c(F)cc(Br)cc2F)cc1C. The Kier molecular flexibility index (Phi) is 4.42. The number of benzene rings is 2. The monoisotopic (exact) mass is 354 g/mol. The van der Waals surface area contributed by atoms with Crippen molar-refractivity contribution in [3.63, 3.8) is 0 Å². The second kappa shape index (κ2) is 5.93. The van der Waals surface area contributed by atoms with E-state index in [0.717, 1.165) is 17.7 Å². The van der Waals surface area contributed by atoms with E-state index in [-0.39, 0.29) is 10.0 Å². The van der Waals surface area contributed by atoms with Crippen molar-refractivity contribution in [2.24, 2.45) is 0 Å². The zero-order valence-corrected chi connectivity index (χ0v) is 13.3. The summed E-state index contributed by atoms with van der Waals surface area (Å²) in [6.07, 6.45) is 0. The number of ether oxygens (including phenoxy) is 1. The summed E-state index contributed by atoms with van der Waals surface area (Å²) in [5.74, 6) is -1.83. The van der Waals surface area contributed by atoms with E-state index >= 15 is 0 Å². The topological polar surface area (TPSA) is 26.3 Å². The highest BCUT2D eigenvalue weighted by Crippen LogP contribution is 2.27. The maximum Gasteiger partial charge on any atom is 0.199 e. The van der Waals surface area contributed by atoms with Gasteiger partial charge in [-0.25, -0.2) is 8.78 Å². The summed E-state index contributed by atoms with van der Waals surface area (Å²) in [6.45, 7) is 3.47. The van der Waals surface area contributed by atoms with Crippen molar-refractivity contribution in [3.05, 3.63) is 62.6 Å². The third-order valence-electron chi connectivity index (χ3n) is 3.22. The van der Waals surface area contributed by atoms with Crippen molar-refractivity contribution < 1.29 is 18.3 Å². The number of methoxy groups -OCH3 is 1. The zero-order chi connectivity index (χ0) is 15.7. The van der Waals surface area contributed by atoms with Crippen molar-refractivity contribution in [1.82, 2.24) is 0 Å². The van der Waals surface area contributed by atoms with Gasteiger partial charge in [0.1, 0.15) is 17.4 Å². The van der Waals surface area contributed by atoms with Crippen LogP contribution in [0.25, 0.3) is 0 Å². The number of carbonyl (C=O) groups excluding carboxylic acids is 1. The molecule has 0 spiro atoms. The third kappa shape index (κ3) is 2.97.